The lowest BCUT2D eigenvalue weighted by atomic mass is 9.98. The first-order chi connectivity index (χ1) is 10.3. The molecular weight excluding hydrogens is 264 g/mol. The minimum absolute atomic E-state index is 0.232. The molecule has 0 unspecified atom stereocenters. The van der Waals surface area contributed by atoms with Crippen LogP contribution in [0.1, 0.15) is 44.7 Å². The summed E-state index contributed by atoms with van der Waals surface area (Å²) in [6.45, 7) is 9.02. The van der Waals surface area contributed by atoms with Gasteiger partial charge in [0.15, 0.2) is 11.5 Å². The van der Waals surface area contributed by atoms with E-state index in [1.54, 1.807) is 6.07 Å². The van der Waals surface area contributed by atoms with Gasteiger partial charge in [0.2, 0.25) is 0 Å². The number of aromatic hydroxyl groups is 1. The Hall–Kier alpha value is -1.26. The van der Waals surface area contributed by atoms with Crippen molar-refractivity contribution in [3.63, 3.8) is 0 Å². The van der Waals surface area contributed by atoms with Crippen LogP contribution in [-0.4, -0.2) is 42.8 Å². The van der Waals surface area contributed by atoms with Crippen LogP contribution < -0.4 is 10.1 Å². The van der Waals surface area contributed by atoms with Gasteiger partial charge >= 0.3 is 0 Å². The van der Waals surface area contributed by atoms with E-state index in [4.69, 9.17) is 4.74 Å². The van der Waals surface area contributed by atoms with Gasteiger partial charge in [-0.05, 0) is 31.0 Å². The second kappa shape index (κ2) is 8.25. The van der Waals surface area contributed by atoms with Crippen LogP contribution in [0.5, 0.6) is 11.5 Å². The number of phenolic OH excluding ortho intramolecular Hbond substituents is 1. The molecule has 0 aromatic heterocycles. The van der Waals surface area contributed by atoms with Gasteiger partial charge in [-0.1, -0.05) is 25.8 Å². The third-order valence-corrected chi connectivity index (χ3v) is 4.09. The molecule has 0 radical (unpaired) electrons. The Balaban J connectivity index is 2.20. The molecule has 0 saturated carbocycles. The highest BCUT2D eigenvalue weighted by Gasteiger charge is 2.22. The molecule has 2 N–H and O–H groups in total. The molecule has 1 atom stereocenters. The molecule has 21 heavy (non-hydrogen) atoms. The van der Waals surface area contributed by atoms with E-state index in [0.29, 0.717) is 18.4 Å². The zero-order chi connectivity index (χ0) is 15.1. The lowest BCUT2D eigenvalue weighted by Crippen LogP contribution is -2.45. The zero-order valence-electron chi connectivity index (χ0n) is 13.3. The minimum atomic E-state index is 0.232. The lowest BCUT2D eigenvalue weighted by Gasteiger charge is -2.35. The largest absolute Gasteiger partial charge is 0.504 e. The van der Waals surface area contributed by atoms with E-state index < -0.39 is 0 Å². The molecule has 0 spiro atoms. The van der Waals surface area contributed by atoms with Gasteiger partial charge in [-0.2, -0.15) is 0 Å². The SMILES string of the molecule is CCCC[C@H](c1ccc(O)c(OCC)c1)N1CCNCC1. The molecule has 0 bridgehead atoms. The first-order valence-electron chi connectivity index (χ1n) is 8.16. The lowest BCUT2D eigenvalue weighted by molar-refractivity contribution is 0.162. The summed E-state index contributed by atoms with van der Waals surface area (Å²) in [7, 11) is 0. The number of ether oxygens (including phenoxy) is 1. The molecule has 1 saturated heterocycles. The number of rotatable bonds is 7. The van der Waals surface area contributed by atoms with Gasteiger partial charge in [-0.15, -0.1) is 0 Å². The highest BCUT2D eigenvalue weighted by atomic mass is 16.5. The highest BCUT2D eigenvalue weighted by molar-refractivity contribution is 5.42. The monoisotopic (exact) mass is 292 g/mol. The van der Waals surface area contributed by atoms with Gasteiger partial charge in [-0.3, -0.25) is 4.90 Å². The topological polar surface area (TPSA) is 44.7 Å². The van der Waals surface area contributed by atoms with Crippen molar-refractivity contribution in [3.8, 4) is 11.5 Å². The molecular formula is C17H28N2O2. The average molecular weight is 292 g/mol. The predicted octanol–water partition coefficient (Wildman–Crippen LogP) is 2.93. The molecule has 1 aromatic carbocycles. The van der Waals surface area contributed by atoms with Gasteiger partial charge in [0, 0.05) is 32.2 Å². The van der Waals surface area contributed by atoms with E-state index >= 15 is 0 Å². The molecule has 4 nitrogen and oxygen atoms in total. The van der Waals surface area contributed by atoms with Crippen molar-refractivity contribution in [2.75, 3.05) is 32.8 Å². The third-order valence-electron chi connectivity index (χ3n) is 4.09. The van der Waals surface area contributed by atoms with Crippen LogP contribution in [0.2, 0.25) is 0 Å². The Bertz CT molecular complexity index is 431. The Morgan fingerprint density at radius 3 is 2.71 bits per heavy atom. The second-order valence-electron chi connectivity index (χ2n) is 5.60. The first kappa shape index (κ1) is 16.1. The number of unbranched alkanes of at least 4 members (excludes halogenated alkanes) is 1. The maximum atomic E-state index is 9.89. The van der Waals surface area contributed by atoms with Crippen molar-refractivity contribution in [1.82, 2.24) is 10.2 Å². The molecule has 1 aliphatic rings. The van der Waals surface area contributed by atoms with Crippen LogP contribution >= 0.6 is 0 Å². The van der Waals surface area contributed by atoms with Crippen LogP contribution in [0.15, 0.2) is 18.2 Å². The predicted molar refractivity (Wildman–Crippen MR) is 86.0 cm³/mol. The van der Waals surface area contributed by atoms with E-state index in [-0.39, 0.29) is 5.75 Å². The number of benzene rings is 1. The fourth-order valence-electron chi connectivity index (χ4n) is 2.96. The molecule has 0 amide bonds. The highest BCUT2D eigenvalue weighted by Crippen LogP contribution is 2.33. The molecule has 1 aromatic rings. The number of phenols is 1. The summed E-state index contributed by atoms with van der Waals surface area (Å²) in [5.41, 5.74) is 1.26. The van der Waals surface area contributed by atoms with E-state index in [0.717, 1.165) is 32.6 Å². The number of nitrogens with one attached hydrogen (secondary N) is 1. The smallest absolute Gasteiger partial charge is 0.161 e. The zero-order valence-corrected chi connectivity index (χ0v) is 13.3. The van der Waals surface area contributed by atoms with Crippen LogP contribution in [0.3, 0.4) is 0 Å². The average Bonchev–Trinajstić information content (AvgIpc) is 2.52. The molecule has 4 heteroatoms. The van der Waals surface area contributed by atoms with Crippen molar-refractivity contribution in [3.05, 3.63) is 23.8 Å². The van der Waals surface area contributed by atoms with Gasteiger partial charge < -0.3 is 15.2 Å². The van der Waals surface area contributed by atoms with Gasteiger partial charge in [-0.25, -0.2) is 0 Å². The molecule has 2 rings (SSSR count). The molecule has 1 fully saturated rings. The van der Waals surface area contributed by atoms with Crippen LogP contribution in [0.25, 0.3) is 0 Å². The van der Waals surface area contributed by atoms with E-state index in [2.05, 4.69) is 17.1 Å². The third kappa shape index (κ3) is 4.35. The summed E-state index contributed by atoms with van der Waals surface area (Å²) >= 11 is 0. The van der Waals surface area contributed by atoms with Crippen LogP contribution in [-0.2, 0) is 0 Å². The van der Waals surface area contributed by atoms with E-state index in [1.165, 1.54) is 18.4 Å². The van der Waals surface area contributed by atoms with Crippen molar-refractivity contribution < 1.29 is 9.84 Å². The fraction of sp³-hybridized carbons (Fsp3) is 0.647. The summed E-state index contributed by atoms with van der Waals surface area (Å²) < 4.78 is 5.54. The first-order valence-corrected chi connectivity index (χ1v) is 8.16. The van der Waals surface area contributed by atoms with Gasteiger partial charge in [0.05, 0.1) is 6.61 Å². The maximum absolute atomic E-state index is 9.89. The Morgan fingerprint density at radius 2 is 2.05 bits per heavy atom. The fourth-order valence-corrected chi connectivity index (χ4v) is 2.96. The molecule has 1 heterocycles. The number of hydrogen-bond donors (Lipinski definition) is 2. The Morgan fingerprint density at radius 1 is 1.29 bits per heavy atom. The number of nitrogens with zero attached hydrogens (tertiary/aromatic N) is 1. The maximum Gasteiger partial charge on any atom is 0.161 e. The summed E-state index contributed by atoms with van der Waals surface area (Å²) in [6.07, 6.45) is 3.59. The van der Waals surface area contributed by atoms with Crippen molar-refractivity contribution in [1.29, 1.82) is 0 Å². The summed E-state index contributed by atoms with van der Waals surface area (Å²) in [4.78, 5) is 2.55. The van der Waals surface area contributed by atoms with Crippen LogP contribution in [0.4, 0.5) is 0 Å². The molecule has 1 aliphatic heterocycles. The summed E-state index contributed by atoms with van der Waals surface area (Å²) in [5, 5.41) is 13.3. The minimum Gasteiger partial charge on any atom is -0.504 e. The second-order valence-corrected chi connectivity index (χ2v) is 5.60. The van der Waals surface area contributed by atoms with E-state index in [1.807, 2.05) is 19.1 Å². The van der Waals surface area contributed by atoms with Crippen molar-refractivity contribution in [2.24, 2.45) is 0 Å². The standard InChI is InChI=1S/C17H28N2O2/c1-3-5-6-15(19-11-9-18-10-12-19)14-7-8-16(20)17(13-14)21-4-2/h7-8,13,15,18,20H,3-6,9-12H2,1-2H3/t15-/m1/s1. The van der Waals surface area contributed by atoms with Gasteiger partial charge in [0.25, 0.3) is 0 Å². The Labute approximate surface area is 128 Å². The number of hydrogen-bond acceptors (Lipinski definition) is 4. The molecule has 0 aliphatic carbocycles. The Kier molecular flexibility index (Phi) is 6.33. The summed E-state index contributed by atoms with van der Waals surface area (Å²) in [6, 6.07) is 6.25. The van der Waals surface area contributed by atoms with Gasteiger partial charge in [0.1, 0.15) is 0 Å². The quantitative estimate of drug-likeness (QED) is 0.811. The van der Waals surface area contributed by atoms with Crippen LogP contribution in [0, 0.1) is 0 Å². The van der Waals surface area contributed by atoms with E-state index in [9.17, 15) is 5.11 Å². The van der Waals surface area contributed by atoms with Crippen molar-refractivity contribution >= 4 is 0 Å². The molecule has 118 valence electrons. The van der Waals surface area contributed by atoms with Crippen molar-refractivity contribution in [2.45, 2.75) is 39.2 Å². The number of piperazine rings is 1. The summed E-state index contributed by atoms with van der Waals surface area (Å²) in [5.74, 6) is 0.835. The normalized spacial score (nSPS) is 17.6.